The normalized spacial score (nSPS) is 12.7. The molecule has 0 aromatic heterocycles. The van der Waals surface area contributed by atoms with Gasteiger partial charge in [0.1, 0.15) is 6.54 Å². The van der Waals surface area contributed by atoms with Gasteiger partial charge in [-0.1, -0.05) is 18.2 Å². The van der Waals surface area contributed by atoms with E-state index in [0.717, 1.165) is 25.2 Å². The van der Waals surface area contributed by atoms with Gasteiger partial charge in [-0.2, -0.15) is 17.5 Å². The number of rotatable bonds is 5. The molecular weight excluding hydrogens is 299 g/mol. The lowest BCUT2D eigenvalue weighted by atomic mass is 10.1. The summed E-state index contributed by atoms with van der Waals surface area (Å²) in [5.41, 5.74) is -1.01. The van der Waals surface area contributed by atoms with Crippen LogP contribution >= 0.6 is 0 Å². The highest BCUT2D eigenvalue weighted by Gasteiger charge is 2.31. The summed E-state index contributed by atoms with van der Waals surface area (Å²) in [6.45, 7) is -0.749. The maximum absolute atomic E-state index is 12.5. The zero-order chi connectivity index (χ0) is 15.6. The number of halogens is 3. The Morgan fingerprint density at radius 2 is 1.95 bits per heavy atom. The number of carboxylic acid groups (broad SMARTS) is 1. The van der Waals surface area contributed by atoms with Crippen LogP contribution in [0.15, 0.2) is 24.3 Å². The summed E-state index contributed by atoms with van der Waals surface area (Å²) in [6, 6.07) is 3.90. The van der Waals surface area contributed by atoms with E-state index in [1.54, 1.807) is 0 Å². The number of sulfonamides is 1. The van der Waals surface area contributed by atoms with Crippen LogP contribution in [0.2, 0.25) is 0 Å². The molecule has 1 aromatic rings. The first-order chi connectivity index (χ1) is 9.02. The van der Waals surface area contributed by atoms with Gasteiger partial charge in [-0.3, -0.25) is 4.79 Å². The minimum Gasteiger partial charge on any atom is -0.480 e. The Morgan fingerprint density at radius 3 is 2.45 bits per heavy atom. The van der Waals surface area contributed by atoms with Gasteiger partial charge in [0.25, 0.3) is 0 Å². The molecule has 0 aliphatic heterocycles. The number of hydrogen-bond acceptors (Lipinski definition) is 3. The average molecular weight is 311 g/mol. The highest BCUT2D eigenvalue weighted by Crippen LogP contribution is 2.29. The second-order valence-corrected chi connectivity index (χ2v) is 6.18. The summed E-state index contributed by atoms with van der Waals surface area (Å²) >= 11 is 0. The molecule has 1 aromatic carbocycles. The molecule has 0 bridgehead atoms. The second kappa shape index (κ2) is 5.80. The smallest absolute Gasteiger partial charge is 0.416 e. The Hall–Kier alpha value is -1.61. The van der Waals surface area contributed by atoms with Gasteiger partial charge in [-0.25, -0.2) is 8.42 Å². The molecule has 0 radical (unpaired) electrons. The van der Waals surface area contributed by atoms with Gasteiger partial charge in [0, 0.05) is 7.05 Å². The van der Waals surface area contributed by atoms with Crippen molar-refractivity contribution in [3.8, 4) is 0 Å². The quantitative estimate of drug-likeness (QED) is 0.895. The van der Waals surface area contributed by atoms with E-state index in [2.05, 4.69) is 0 Å². The first-order valence-electron chi connectivity index (χ1n) is 5.34. The first kappa shape index (κ1) is 16.4. The molecule has 0 aliphatic carbocycles. The van der Waals surface area contributed by atoms with Crippen LogP contribution in [-0.4, -0.2) is 37.4 Å². The number of alkyl halides is 3. The molecule has 0 aliphatic rings. The molecule has 1 N–H and O–H groups in total. The van der Waals surface area contributed by atoms with E-state index in [0.29, 0.717) is 4.31 Å². The molecule has 0 spiro atoms. The van der Waals surface area contributed by atoms with Crippen LogP contribution < -0.4 is 0 Å². The molecule has 0 saturated carbocycles. The molecule has 112 valence electrons. The van der Waals surface area contributed by atoms with E-state index in [1.807, 2.05) is 0 Å². The van der Waals surface area contributed by atoms with Gasteiger partial charge in [-0.15, -0.1) is 0 Å². The largest absolute Gasteiger partial charge is 0.480 e. The van der Waals surface area contributed by atoms with Crippen LogP contribution in [0.25, 0.3) is 0 Å². The molecule has 0 atom stereocenters. The van der Waals surface area contributed by atoms with Crippen molar-refractivity contribution in [3.05, 3.63) is 35.4 Å². The van der Waals surface area contributed by atoms with E-state index < -0.39 is 40.0 Å². The maximum atomic E-state index is 12.5. The number of carboxylic acids is 1. The molecular formula is C11H12F3NO4S. The summed E-state index contributed by atoms with van der Waals surface area (Å²) < 4.78 is 61.6. The lowest BCUT2D eigenvalue weighted by Crippen LogP contribution is -2.33. The number of carbonyl (C=O) groups is 1. The van der Waals surface area contributed by atoms with Crippen LogP contribution in [0.3, 0.4) is 0 Å². The molecule has 20 heavy (non-hydrogen) atoms. The third kappa shape index (κ3) is 4.49. The summed E-state index contributed by atoms with van der Waals surface area (Å²) in [6.07, 6.45) is -4.56. The molecule has 0 saturated heterocycles. The van der Waals surface area contributed by atoms with Crippen LogP contribution in [0.4, 0.5) is 13.2 Å². The van der Waals surface area contributed by atoms with Crippen molar-refractivity contribution < 1.29 is 31.5 Å². The highest BCUT2D eigenvalue weighted by atomic mass is 32.2. The number of likely N-dealkylation sites (N-methyl/N-ethyl adjacent to an activating group) is 1. The SMILES string of the molecule is CN(CC(=O)O)S(=O)(=O)Cc1cccc(C(F)(F)F)c1. The van der Waals surface area contributed by atoms with Crippen molar-refractivity contribution in [2.75, 3.05) is 13.6 Å². The Kier molecular flexibility index (Phi) is 4.77. The lowest BCUT2D eigenvalue weighted by Gasteiger charge is -2.15. The Morgan fingerprint density at radius 1 is 1.35 bits per heavy atom. The van der Waals surface area contributed by atoms with E-state index in [9.17, 15) is 26.4 Å². The fourth-order valence-corrected chi connectivity index (χ4v) is 2.58. The Balaban J connectivity index is 2.96. The number of benzene rings is 1. The van der Waals surface area contributed by atoms with Crippen molar-refractivity contribution in [2.45, 2.75) is 11.9 Å². The van der Waals surface area contributed by atoms with Crippen molar-refractivity contribution in [2.24, 2.45) is 0 Å². The van der Waals surface area contributed by atoms with E-state index in [1.165, 1.54) is 6.07 Å². The van der Waals surface area contributed by atoms with Crippen LogP contribution in [0.5, 0.6) is 0 Å². The molecule has 0 fully saturated rings. The van der Waals surface area contributed by atoms with Gasteiger partial charge in [0.15, 0.2) is 0 Å². The molecule has 1 rings (SSSR count). The predicted molar refractivity (Wildman–Crippen MR) is 64.3 cm³/mol. The summed E-state index contributed by atoms with van der Waals surface area (Å²) in [5, 5.41) is 8.51. The monoisotopic (exact) mass is 311 g/mol. The Bertz CT molecular complexity index is 598. The minimum atomic E-state index is -4.56. The van der Waals surface area contributed by atoms with Crippen LogP contribution in [0, 0.1) is 0 Å². The van der Waals surface area contributed by atoms with E-state index in [4.69, 9.17) is 5.11 Å². The predicted octanol–water partition coefficient (Wildman–Crippen LogP) is 1.55. The lowest BCUT2D eigenvalue weighted by molar-refractivity contribution is -0.138. The van der Waals surface area contributed by atoms with Gasteiger partial charge in [0.2, 0.25) is 10.0 Å². The van der Waals surface area contributed by atoms with Crippen molar-refractivity contribution in [3.63, 3.8) is 0 Å². The Labute approximate surface area is 113 Å². The maximum Gasteiger partial charge on any atom is 0.416 e. The molecule has 0 unspecified atom stereocenters. The zero-order valence-corrected chi connectivity index (χ0v) is 11.2. The highest BCUT2D eigenvalue weighted by molar-refractivity contribution is 7.88. The second-order valence-electron chi connectivity index (χ2n) is 4.10. The number of hydrogen-bond donors (Lipinski definition) is 1. The summed E-state index contributed by atoms with van der Waals surface area (Å²) in [5.74, 6) is -2.04. The van der Waals surface area contributed by atoms with E-state index >= 15 is 0 Å². The molecule has 9 heteroatoms. The fourth-order valence-electron chi connectivity index (χ4n) is 1.45. The fraction of sp³-hybridized carbons (Fsp3) is 0.364. The number of aliphatic carboxylic acids is 1. The van der Waals surface area contributed by atoms with Crippen LogP contribution in [0.1, 0.15) is 11.1 Å². The summed E-state index contributed by atoms with van der Waals surface area (Å²) in [4.78, 5) is 10.4. The third-order valence-electron chi connectivity index (χ3n) is 2.44. The zero-order valence-electron chi connectivity index (χ0n) is 10.4. The third-order valence-corrected chi connectivity index (χ3v) is 4.21. The topological polar surface area (TPSA) is 74.7 Å². The number of nitrogens with zero attached hydrogens (tertiary/aromatic N) is 1. The van der Waals surface area contributed by atoms with Crippen LogP contribution in [-0.2, 0) is 26.7 Å². The first-order valence-corrected chi connectivity index (χ1v) is 6.95. The molecule has 5 nitrogen and oxygen atoms in total. The minimum absolute atomic E-state index is 0.0583. The van der Waals surface area contributed by atoms with Gasteiger partial charge < -0.3 is 5.11 Å². The summed E-state index contributed by atoms with van der Waals surface area (Å²) in [7, 11) is -2.93. The van der Waals surface area contributed by atoms with Gasteiger partial charge in [0.05, 0.1) is 11.3 Å². The molecule has 0 heterocycles. The van der Waals surface area contributed by atoms with Gasteiger partial charge >= 0.3 is 12.1 Å². The van der Waals surface area contributed by atoms with Crippen molar-refractivity contribution in [1.29, 1.82) is 0 Å². The van der Waals surface area contributed by atoms with Crippen molar-refractivity contribution >= 4 is 16.0 Å². The average Bonchev–Trinajstić information content (AvgIpc) is 2.26. The standard InChI is InChI=1S/C11H12F3NO4S/c1-15(6-10(16)17)20(18,19)7-8-3-2-4-9(5-8)11(12,13)14/h2-5H,6-7H2,1H3,(H,16,17). The van der Waals surface area contributed by atoms with Crippen molar-refractivity contribution in [1.82, 2.24) is 4.31 Å². The van der Waals surface area contributed by atoms with E-state index in [-0.39, 0.29) is 5.56 Å². The van der Waals surface area contributed by atoms with Gasteiger partial charge in [-0.05, 0) is 11.6 Å². The molecule has 0 amide bonds.